The average Bonchev–Trinajstić information content (AvgIpc) is 4.02. The summed E-state index contributed by atoms with van der Waals surface area (Å²) < 4.78 is 2.39. The van der Waals surface area contributed by atoms with Crippen LogP contribution in [0.15, 0.2) is 134 Å². The second-order valence-electron chi connectivity index (χ2n) is 19.9. The van der Waals surface area contributed by atoms with Crippen molar-refractivity contribution < 1.29 is 0 Å². The van der Waals surface area contributed by atoms with Gasteiger partial charge in [-0.25, -0.2) is 19.9 Å². The lowest BCUT2D eigenvalue weighted by Crippen LogP contribution is -2.47. The molecule has 2 aliphatic heterocycles. The third kappa shape index (κ3) is 15.8. The highest BCUT2D eigenvalue weighted by Crippen LogP contribution is 2.32. The van der Waals surface area contributed by atoms with E-state index in [0.717, 1.165) is 162 Å². The monoisotopic (exact) mass is 1040 g/mol. The van der Waals surface area contributed by atoms with Crippen LogP contribution in [0.2, 0.25) is 0 Å². The van der Waals surface area contributed by atoms with Gasteiger partial charge in [0, 0.05) is 135 Å². The molecule has 1 N–H and O–H groups in total. The summed E-state index contributed by atoms with van der Waals surface area (Å²) in [4.78, 5) is 36.9. The zero-order valence-electron chi connectivity index (χ0n) is 44.6. The van der Waals surface area contributed by atoms with Crippen molar-refractivity contribution in [1.82, 2.24) is 49.1 Å². The van der Waals surface area contributed by atoms with Crippen LogP contribution in [-0.2, 0) is 19.4 Å². The van der Waals surface area contributed by atoms with E-state index in [1.54, 1.807) is 0 Å². The minimum Gasteiger partial charge on any atom is -0.360 e. The molecule has 392 valence electrons. The Morgan fingerprint density at radius 3 is 1.51 bits per heavy atom. The van der Waals surface area contributed by atoms with Crippen molar-refractivity contribution in [2.75, 3.05) is 122 Å². The Morgan fingerprint density at radius 1 is 0.527 bits per heavy atom. The Labute approximate surface area is 451 Å². The number of aromatic amines is 1. The third-order valence-corrected chi connectivity index (χ3v) is 14.1. The van der Waals surface area contributed by atoms with Crippen molar-refractivity contribution in [3.63, 3.8) is 0 Å². The van der Waals surface area contributed by atoms with Gasteiger partial charge in [0.2, 0.25) is 0 Å². The smallest absolute Gasteiger partial charge is 0.132 e. The van der Waals surface area contributed by atoms with Gasteiger partial charge >= 0.3 is 0 Å². The molecule has 0 aliphatic carbocycles. The number of aryl methyl sites for hydroxylation is 3. The van der Waals surface area contributed by atoms with Crippen LogP contribution in [0, 0.1) is 13.8 Å². The number of hydrogen-bond donors (Lipinski definition) is 1. The largest absolute Gasteiger partial charge is 0.360 e. The van der Waals surface area contributed by atoms with Gasteiger partial charge in [0.25, 0.3) is 0 Å². The second-order valence-corrected chi connectivity index (χ2v) is 20.3. The van der Waals surface area contributed by atoms with Gasteiger partial charge in [0.1, 0.15) is 23.3 Å². The fraction of sp³-hybridized carbons (Fsp3) is 0.400. The van der Waals surface area contributed by atoms with Crippen LogP contribution in [0.25, 0.3) is 44.3 Å². The number of hydrogen-bond acceptors (Lipinski definition) is 10. The van der Waals surface area contributed by atoms with E-state index in [4.69, 9.17) is 31.5 Å². The predicted octanol–water partition coefficient (Wildman–Crippen LogP) is 10.6. The molecule has 0 unspecified atom stereocenters. The minimum atomic E-state index is 0. The van der Waals surface area contributed by atoms with E-state index in [0.29, 0.717) is 0 Å². The number of rotatable bonds is 17. The van der Waals surface area contributed by atoms with Crippen LogP contribution in [0.3, 0.4) is 0 Å². The summed E-state index contributed by atoms with van der Waals surface area (Å²) >= 11 is 5.42. The SMILES string of the molecule is CN(C)CCCCl.Cc1nc(-c2c[nH]c3ccccc23)cc(N2CCN(CCc3ccccc3)CC2)n1.Cc1nc(-c2cn(CCCN(C)C)c3ccccc23)cc(N2CCN(CCc3ccccc3)CC2)n1.Cl. The van der Waals surface area contributed by atoms with Gasteiger partial charge in [-0.3, -0.25) is 9.80 Å². The maximum absolute atomic E-state index is 5.42. The van der Waals surface area contributed by atoms with E-state index in [-0.39, 0.29) is 12.4 Å². The lowest BCUT2D eigenvalue weighted by molar-refractivity contribution is 0.260. The molecule has 12 nitrogen and oxygen atoms in total. The molecule has 0 saturated carbocycles. The number of nitrogens with zero attached hydrogens (tertiary/aromatic N) is 11. The molecule has 0 spiro atoms. The van der Waals surface area contributed by atoms with Crippen molar-refractivity contribution in [2.45, 2.75) is 46.1 Å². The molecule has 14 heteroatoms. The highest BCUT2D eigenvalue weighted by molar-refractivity contribution is 6.17. The lowest BCUT2D eigenvalue weighted by atomic mass is 10.1. The zero-order chi connectivity index (χ0) is 50.9. The molecule has 0 radical (unpaired) electrons. The highest BCUT2D eigenvalue weighted by atomic mass is 35.5. The molecule has 0 bridgehead atoms. The average molecular weight is 1040 g/mol. The van der Waals surface area contributed by atoms with Crippen LogP contribution in [0.4, 0.5) is 11.6 Å². The summed E-state index contributed by atoms with van der Waals surface area (Å²) in [5, 5.41) is 2.46. The second kappa shape index (κ2) is 28.2. The molecule has 2 saturated heterocycles. The molecule has 8 aromatic rings. The lowest BCUT2D eigenvalue weighted by Gasteiger charge is -2.35. The number of para-hydroxylation sites is 2. The molecule has 0 atom stereocenters. The van der Waals surface area contributed by atoms with Gasteiger partial charge in [-0.1, -0.05) is 97.1 Å². The molecule has 10 rings (SSSR count). The first kappa shape index (κ1) is 55.9. The van der Waals surface area contributed by atoms with Crippen LogP contribution < -0.4 is 9.80 Å². The fourth-order valence-corrected chi connectivity index (χ4v) is 9.94. The molecule has 0 amide bonds. The summed E-state index contributed by atoms with van der Waals surface area (Å²) in [6, 6.07) is 42.9. The summed E-state index contributed by atoms with van der Waals surface area (Å²) in [7, 11) is 8.36. The van der Waals surface area contributed by atoms with Crippen LogP contribution in [0.1, 0.15) is 35.6 Å². The molecule has 4 aromatic heterocycles. The van der Waals surface area contributed by atoms with Crippen LogP contribution in [-0.4, -0.2) is 162 Å². The summed E-state index contributed by atoms with van der Waals surface area (Å²) in [6.45, 7) is 17.7. The van der Waals surface area contributed by atoms with Crippen molar-refractivity contribution in [1.29, 1.82) is 0 Å². The number of nitrogens with one attached hydrogen (secondary N) is 1. The molecule has 4 aromatic carbocycles. The highest BCUT2D eigenvalue weighted by Gasteiger charge is 2.22. The van der Waals surface area contributed by atoms with Gasteiger partial charge in [0.05, 0.1) is 11.4 Å². The van der Waals surface area contributed by atoms with Crippen molar-refractivity contribution >= 4 is 57.4 Å². The van der Waals surface area contributed by atoms with Gasteiger partial charge in [0.15, 0.2) is 0 Å². The standard InChI is InChI=1S/C30H38N6.C25H27N5.C5H12ClN.ClH/c1-24-31-28(27-23-36(16-9-15-33(2)3)29-13-8-7-12-26(27)29)22-30(32-24)35-20-18-34(19-21-35)17-14-25-10-5-4-6-11-25;1-19-27-24(22-18-26-23-10-6-5-9-21(22)23)17-25(28-19)30-15-13-29(14-16-30)12-11-20-7-3-2-4-8-20;1-7(2)5-3-4-6;/h4-8,10-13,22-23H,9,14-21H2,1-3H3;2-10,17-18,26H,11-16H2,1H3;3-5H2,1-2H3;1H. The Kier molecular flexibility index (Phi) is 21.3. The van der Waals surface area contributed by atoms with E-state index in [9.17, 15) is 0 Å². The third-order valence-electron chi connectivity index (χ3n) is 13.8. The molecule has 74 heavy (non-hydrogen) atoms. The number of piperazine rings is 2. The summed E-state index contributed by atoms with van der Waals surface area (Å²) in [5.74, 6) is 4.51. The van der Waals surface area contributed by atoms with E-state index in [1.165, 1.54) is 33.0 Å². The Balaban J connectivity index is 0.000000191. The summed E-state index contributed by atoms with van der Waals surface area (Å²) in [6.07, 6.45) is 8.77. The molecule has 2 fully saturated rings. The summed E-state index contributed by atoms with van der Waals surface area (Å²) in [5.41, 5.74) is 9.58. The topological polar surface area (TPSA) is 91.7 Å². The number of H-pyrrole nitrogens is 1. The van der Waals surface area contributed by atoms with E-state index in [2.05, 4.69) is 187 Å². The van der Waals surface area contributed by atoms with Crippen molar-refractivity contribution in [3.8, 4) is 22.5 Å². The predicted molar refractivity (Wildman–Crippen MR) is 314 cm³/mol. The van der Waals surface area contributed by atoms with E-state index >= 15 is 0 Å². The first-order chi connectivity index (χ1) is 35.6. The normalized spacial score (nSPS) is 14.2. The first-order valence-corrected chi connectivity index (χ1v) is 26.9. The quantitative estimate of drug-likeness (QED) is 0.0889. The number of anilines is 2. The maximum atomic E-state index is 5.42. The van der Waals surface area contributed by atoms with Crippen molar-refractivity contribution in [2.24, 2.45) is 0 Å². The zero-order valence-corrected chi connectivity index (χ0v) is 46.2. The molecular formula is C60H78Cl2N12. The number of halogens is 2. The molecule has 2 aliphatic rings. The molecular weight excluding hydrogens is 960 g/mol. The number of alkyl halides is 1. The fourth-order valence-electron chi connectivity index (χ4n) is 9.82. The number of benzene rings is 4. The molecule has 6 heterocycles. The Hall–Kier alpha value is -5.86. The Bertz CT molecular complexity index is 2910. The maximum Gasteiger partial charge on any atom is 0.132 e. The van der Waals surface area contributed by atoms with E-state index in [1.807, 2.05) is 27.9 Å². The first-order valence-electron chi connectivity index (χ1n) is 26.3. The minimum absolute atomic E-state index is 0. The number of aromatic nitrogens is 6. The van der Waals surface area contributed by atoms with Gasteiger partial charge in [-0.2, -0.15) is 0 Å². The van der Waals surface area contributed by atoms with Crippen molar-refractivity contribution in [3.05, 3.63) is 156 Å². The van der Waals surface area contributed by atoms with Gasteiger partial charge < -0.3 is 29.2 Å². The van der Waals surface area contributed by atoms with Gasteiger partial charge in [-0.15, -0.1) is 24.0 Å². The van der Waals surface area contributed by atoms with Gasteiger partial charge in [-0.05, 0) is 104 Å². The van der Waals surface area contributed by atoms with Crippen LogP contribution >= 0.6 is 24.0 Å². The Morgan fingerprint density at radius 2 is 1.00 bits per heavy atom. The van der Waals surface area contributed by atoms with Crippen LogP contribution in [0.5, 0.6) is 0 Å². The van der Waals surface area contributed by atoms with E-state index < -0.39 is 0 Å². The number of fused-ring (bicyclic) bond motifs is 2.